The fraction of sp³-hybridized carbons (Fsp3) is 0.571. The van der Waals surface area contributed by atoms with Crippen LogP contribution in [0.15, 0.2) is 12.1 Å². The molecular weight excluding hydrogens is 266 g/mol. The van der Waals surface area contributed by atoms with Crippen LogP contribution < -0.4 is 14.8 Å². The van der Waals surface area contributed by atoms with Gasteiger partial charge in [0.25, 0.3) is 0 Å². The summed E-state index contributed by atoms with van der Waals surface area (Å²) in [5.74, 6) is 2.01. The molecule has 1 aliphatic rings. The zero-order valence-corrected chi connectivity index (χ0v) is 12.3. The van der Waals surface area contributed by atoms with Crippen molar-refractivity contribution in [3.63, 3.8) is 0 Å². The molecule has 1 unspecified atom stereocenters. The molecule has 4 nitrogen and oxygen atoms in total. The van der Waals surface area contributed by atoms with Crippen molar-refractivity contribution < 1.29 is 14.2 Å². The summed E-state index contributed by atoms with van der Waals surface area (Å²) < 4.78 is 15.8. The second-order valence-corrected chi connectivity index (χ2v) is 5.14. The maximum absolute atomic E-state index is 6.16. The molecule has 106 valence electrons. The molecule has 1 N–H and O–H groups in total. The van der Waals surface area contributed by atoms with E-state index in [2.05, 4.69) is 5.32 Å². The summed E-state index contributed by atoms with van der Waals surface area (Å²) in [6, 6.07) is 3.93. The van der Waals surface area contributed by atoms with Crippen molar-refractivity contribution in [1.82, 2.24) is 0 Å². The smallest absolute Gasteiger partial charge is 0.145 e. The molecule has 0 spiro atoms. The first kappa shape index (κ1) is 14.3. The summed E-state index contributed by atoms with van der Waals surface area (Å²) in [6.45, 7) is 0.678. The minimum absolute atomic E-state index is 0.295. The fourth-order valence-electron chi connectivity index (χ4n) is 2.15. The van der Waals surface area contributed by atoms with Crippen molar-refractivity contribution >= 4 is 17.3 Å². The van der Waals surface area contributed by atoms with E-state index in [1.54, 1.807) is 27.4 Å². The van der Waals surface area contributed by atoms with Gasteiger partial charge in [-0.15, -0.1) is 0 Å². The molecule has 1 fully saturated rings. The zero-order valence-electron chi connectivity index (χ0n) is 11.5. The lowest BCUT2D eigenvalue weighted by molar-refractivity contribution is 0.179. The van der Waals surface area contributed by atoms with Gasteiger partial charge in [-0.25, -0.2) is 0 Å². The van der Waals surface area contributed by atoms with Gasteiger partial charge >= 0.3 is 0 Å². The highest BCUT2D eigenvalue weighted by Crippen LogP contribution is 2.39. The van der Waals surface area contributed by atoms with E-state index in [9.17, 15) is 0 Å². The van der Waals surface area contributed by atoms with Crippen molar-refractivity contribution in [3.8, 4) is 11.5 Å². The molecule has 1 aliphatic carbocycles. The summed E-state index contributed by atoms with van der Waals surface area (Å²) in [7, 11) is 4.94. The van der Waals surface area contributed by atoms with Crippen LogP contribution in [0.2, 0.25) is 5.02 Å². The Morgan fingerprint density at radius 1 is 1.21 bits per heavy atom. The van der Waals surface area contributed by atoms with Gasteiger partial charge in [0.15, 0.2) is 0 Å². The fourth-order valence-corrected chi connectivity index (χ4v) is 2.39. The molecule has 0 radical (unpaired) electrons. The van der Waals surface area contributed by atoms with E-state index < -0.39 is 0 Å². The van der Waals surface area contributed by atoms with Crippen molar-refractivity contribution in [1.29, 1.82) is 0 Å². The van der Waals surface area contributed by atoms with Crippen LogP contribution in [0.4, 0.5) is 5.69 Å². The average Bonchev–Trinajstić information content (AvgIpc) is 3.23. The van der Waals surface area contributed by atoms with Gasteiger partial charge in [-0.1, -0.05) is 11.6 Å². The van der Waals surface area contributed by atoms with E-state index in [1.165, 1.54) is 12.8 Å². The Balaban J connectivity index is 2.19. The molecule has 19 heavy (non-hydrogen) atoms. The number of ether oxygens (including phenoxy) is 3. The van der Waals surface area contributed by atoms with Crippen LogP contribution in [0, 0.1) is 5.92 Å². The topological polar surface area (TPSA) is 39.7 Å². The number of rotatable bonds is 7. The number of hydrogen-bond donors (Lipinski definition) is 1. The van der Waals surface area contributed by atoms with Crippen LogP contribution in [-0.2, 0) is 4.74 Å². The molecule has 1 aromatic carbocycles. The van der Waals surface area contributed by atoms with Gasteiger partial charge in [0.1, 0.15) is 11.5 Å². The van der Waals surface area contributed by atoms with Crippen molar-refractivity contribution in [3.05, 3.63) is 17.2 Å². The van der Waals surface area contributed by atoms with Gasteiger partial charge < -0.3 is 19.5 Å². The predicted molar refractivity (Wildman–Crippen MR) is 76.6 cm³/mol. The quantitative estimate of drug-likeness (QED) is 0.835. The Morgan fingerprint density at radius 3 is 2.42 bits per heavy atom. The summed E-state index contributed by atoms with van der Waals surface area (Å²) in [6.07, 6.45) is 2.49. The van der Waals surface area contributed by atoms with Crippen LogP contribution >= 0.6 is 11.6 Å². The Hall–Kier alpha value is -1.13. The van der Waals surface area contributed by atoms with Gasteiger partial charge in [-0.3, -0.25) is 0 Å². The molecule has 2 rings (SSSR count). The van der Waals surface area contributed by atoms with Gasteiger partial charge in [0.2, 0.25) is 0 Å². The van der Waals surface area contributed by atoms with Crippen LogP contribution in [0.1, 0.15) is 12.8 Å². The average molecular weight is 286 g/mol. The van der Waals surface area contributed by atoms with Crippen LogP contribution in [0.5, 0.6) is 11.5 Å². The first-order valence-electron chi connectivity index (χ1n) is 6.36. The lowest BCUT2D eigenvalue weighted by atomic mass is 10.1. The van der Waals surface area contributed by atoms with E-state index >= 15 is 0 Å². The van der Waals surface area contributed by atoms with Crippen LogP contribution in [0.25, 0.3) is 0 Å². The van der Waals surface area contributed by atoms with E-state index in [4.69, 9.17) is 25.8 Å². The summed E-state index contributed by atoms with van der Waals surface area (Å²) >= 11 is 6.16. The van der Waals surface area contributed by atoms with Gasteiger partial charge in [0.05, 0.1) is 37.6 Å². The van der Waals surface area contributed by atoms with E-state index in [1.807, 2.05) is 6.07 Å². The minimum atomic E-state index is 0.295. The lowest BCUT2D eigenvalue weighted by Gasteiger charge is -2.21. The molecule has 0 saturated heterocycles. The number of hydrogen-bond acceptors (Lipinski definition) is 4. The number of benzene rings is 1. The van der Waals surface area contributed by atoms with Crippen molar-refractivity contribution in [2.45, 2.75) is 18.9 Å². The minimum Gasteiger partial charge on any atom is -0.495 e. The van der Waals surface area contributed by atoms with E-state index in [-0.39, 0.29) is 0 Å². The first-order valence-corrected chi connectivity index (χ1v) is 6.74. The highest BCUT2D eigenvalue weighted by Gasteiger charge is 2.31. The monoisotopic (exact) mass is 285 g/mol. The van der Waals surface area contributed by atoms with Gasteiger partial charge in [-0.2, -0.15) is 0 Å². The Morgan fingerprint density at radius 2 is 1.89 bits per heavy atom. The Kier molecular flexibility index (Phi) is 4.77. The largest absolute Gasteiger partial charge is 0.495 e. The highest BCUT2D eigenvalue weighted by atomic mass is 35.5. The van der Waals surface area contributed by atoms with Crippen molar-refractivity contribution in [2.75, 3.05) is 33.3 Å². The normalized spacial score (nSPS) is 16.0. The predicted octanol–water partition coefficient (Wildman–Crippen LogP) is 3.19. The maximum atomic E-state index is 6.16. The molecule has 0 aliphatic heterocycles. The molecule has 1 atom stereocenters. The second kappa shape index (κ2) is 6.35. The molecular formula is C14H20ClNO3. The lowest BCUT2D eigenvalue weighted by Crippen LogP contribution is -2.27. The zero-order chi connectivity index (χ0) is 13.8. The molecule has 5 heteroatoms. The summed E-state index contributed by atoms with van der Waals surface area (Å²) in [5, 5.41) is 4.03. The van der Waals surface area contributed by atoms with Gasteiger partial charge in [0, 0.05) is 13.2 Å². The first-order chi connectivity index (χ1) is 9.19. The molecule has 0 bridgehead atoms. The molecule has 0 heterocycles. The maximum Gasteiger partial charge on any atom is 0.145 e. The third-order valence-corrected chi connectivity index (χ3v) is 3.65. The second-order valence-electron chi connectivity index (χ2n) is 4.73. The number of methoxy groups -OCH3 is 3. The highest BCUT2D eigenvalue weighted by molar-refractivity contribution is 6.32. The van der Waals surface area contributed by atoms with Crippen LogP contribution in [0.3, 0.4) is 0 Å². The van der Waals surface area contributed by atoms with E-state index in [0.29, 0.717) is 29.3 Å². The third kappa shape index (κ3) is 3.45. The molecule has 1 aromatic rings. The van der Waals surface area contributed by atoms with E-state index in [0.717, 1.165) is 11.4 Å². The molecule has 0 aromatic heterocycles. The number of nitrogens with one attached hydrogen (secondary N) is 1. The Labute approximate surface area is 119 Å². The molecule has 0 amide bonds. The third-order valence-electron chi connectivity index (χ3n) is 3.35. The Bertz CT molecular complexity index is 435. The summed E-state index contributed by atoms with van der Waals surface area (Å²) in [4.78, 5) is 0. The number of halogens is 1. The number of anilines is 1. The van der Waals surface area contributed by atoms with Gasteiger partial charge in [-0.05, 0) is 24.8 Å². The van der Waals surface area contributed by atoms with Crippen molar-refractivity contribution in [2.24, 2.45) is 5.92 Å². The SMILES string of the molecule is COCC(Nc1cc(Cl)c(OC)cc1OC)C1CC1. The standard InChI is InChI=1S/C14H20ClNO3/c1-17-8-12(9-4-5-9)16-11-6-10(15)13(18-2)7-14(11)19-3/h6-7,9,12,16H,4-5,8H2,1-3H3. The molecule has 1 saturated carbocycles. The summed E-state index contributed by atoms with van der Waals surface area (Å²) in [5.41, 5.74) is 0.877. The van der Waals surface area contributed by atoms with Crippen LogP contribution in [-0.4, -0.2) is 34.0 Å².